The van der Waals surface area contributed by atoms with Crippen LogP contribution in [0.4, 0.5) is 0 Å². The first-order chi connectivity index (χ1) is 16.7. The largest absolute Gasteiger partial charge is 0.355 e. The molecule has 7 unspecified atom stereocenters. The van der Waals surface area contributed by atoms with Gasteiger partial charge in [0.1, 0.15) is 0 Å². The van der Waals surface area contributed by atoms with Gasteiger partial charge in [-0.25, -0.2) is 0 Å². The van der Waals surface area contributed by atoms with Gasteiger partial charge in [-0.1, -0.05) is 72.1 Å². The van der Waals surface area contributed by atoms with Crippen molar-refractivity contribution in [1.29, 1.82) is 0 Å². The topological polar surface area (TPSA) is 32.9 Å². The number of hydrogen-bond acceptors (Lipinski definition) is 1. The molecule has 0 spiro atoms. The van der Waals surface area contributed by atoms with Crippen molar-refractivity contribution in [3.05, 3.63) is 41.1 Å². The lowest BCUT2D eigenvalue weighted by atomic mass is 9.46. The van der Waals surface area contributed by atoms with Crippen LogP contribution >= 0.6 is 0 Å². The van der Waals surface area contributed by atoms with Crippen molar-refractivity contribution in [2.24, 2.45) is 46.3 Å². The second-order valence-corrected chi connectivity index (χ2v) is 13.7. The van der Waals surface area contributed by atoms with Gasteiger partial charge < -0.3 is 4.98 Å². The Morgan fingerprint density at radius 2 is 1.83 bits per heavy atom. The molecule has 0 amide bonds. The zero-order chi connectivity index (χ0) is 24.5. The van der Waals surface area contributed by atoms with Gasteiger partial charge in [-0.05, 0) is 90.7 Å². The fourth-order valence-electron chi connectivity index (χ4n) is 9.75. The van der Waals surface area contributed by atoms with E-state index in [1.165, 1.54) is 67.1 Å². The van der Waals surface area contributed by atoms with Crippen LogP contribution in [0.3, 0.4) is 0 Å². The molecule has 4 aliphatic carbocycles. The summed E-state index contributed by atoms with van der Waals surface area (Å²) in [6.45, 7) is 12.3. The summed E-state index contributed by atoms with van der Waals surface area (Å²) in [5.74, 6) is 4.85. The number of Topliss-reactive ketones (excluding diaryl/α,β-unsaturated/α-hetero) is 1. The third-order valence-electron chi connectivity index (χ3n) is 11.5. The van der Waals surface area contributed by atoms with Crippen LogP contribution in [0.5, 0.6) is 0 Å². The van der Waals surface area contributed by atoms with Crippen LogP contribution in [-0.4, -0.2) is 10.8 Å². The molecular formula is C33H45NO. The average molecular weight is 472 g/mol. The third kappa shape index (κ3) is 3.52. The van der Waals surface area contributed by atoms with E-state index in [0.29, 0.717) is 23.0 Å². The summed E-state index contributed by atoms with van der Waals surface area (Å²) < 4.78 is 0. The Labute approximate surface area is 212 Å². The van der Waals surface area contributed by atoms with E-state index in [-0.39, 0.29) is 5.41 Å². The fraction of sp³-hybridized carbons (Fsp3) is 0.667. The fourth-order valence-corrected chi connectivity index (χ4v) is 9.75. The van der Waals surface area contributed by atoms with E-state index in [1.807, 2.05) is 0 Å². The maximum atomic E-state index is 13.7. The van der Waals surface area contributed by atoms with Gasteiger partial charge >= 0.3 is 0 Å². The molecule has 0 bridgehead atoms. The van der Waals surface area contributed by atoms with Crippen molar-refractivity contribution in [2.75, 3.05) is 0 Å². The normalized spacial score (nSPS) is 37.0. The van der Waals surface area contributed by atoms with Crippen molar-refractivity contribution < 1.29 is 4.79 Å². The van der Waals surface area contributed by atoms with Crippen molar-refractivity contribution in [1.82, 2.24) is 4.98 Å². The molecule has 3 saturated carbocycles. The summed E-state index contributed by atoms with van der Waals surface area (Å²) >= 11 is 0. The monoisotopic (exact) mass is 471 g/mol. The molecule has 1 N–H and O–H groups in total. The van der Waals surface area contributed by atoms with Crippen LogP contribution in [0.25, 0.3) is 17.0 Å². The smallest absolute Gasteiger partial charge is 0.159 e. The number of aromatic nitrogens is 1. The van der Waals surface area contributed by atoms with Crippen molar-refractivity contribution in [2.45, 2.75) is 92.4 Å². The predicted octanol–water partition coefficient (Wildman–Crippen LogP) is 8.61. The second kappa shape index (κ2) is 8.35. The van der Waals surface area contributed by atoms with E-state index >= 15 is 0 Å². The molecule has 2 heteroatoms. The summed E-state index contributed by atoms with van der Waals surface area (Å²) in [6, 6.07) is 8.70. The van der Waals surface area contributed by atoms with Gasteiger partial charge in [0, 0.05) is 34.0 Å². The van der Waals surface area contributed by atoms with Crippen LogP contribution in [0.1, 0.15) is 97.2 Å². The maximum absolute atomic E-state index is 13.7. The molecule has 6 rings (SSSR count). The van der Waals surface area contributed by atoms with Crippen molar-refractivity contribution >= 4 is 22.8 Å². The second-order valence-electron chi connectivity index (χ2n) is 13.7. The first-order valence-corrected chi connectivity index (χ1v) is 14.6. The Kier molecular flexibility index (Phi) is 5.62. The lowest BCUT2D eigenvalue weighted by Crippen LogP contribution is -2.53. The number of carbonyl (C=O) groups excluding carboxylic acids is 1. The van der Waals surface area contributed by atoms with E-state index in [1.54, 1.807) is 0 Å². The Morgan fingerprint density at radius 3 is 2.63 bits per heavy atom. The first kappa shape index (κ1) is 23.6. The van der Waals surface area contributed by atoms with Crippen molar-refractivity contribution in [3.63, 3.8) is 0 Å². The minimum Gasteiger partial charge on any atom is -0.355 e. The molecule has 35 heavy (non-hydrogen) atoms. The molecule has 3 fully saturated rings. The van der Waals surface area contributed by atoms with Gasteiger partial charge in [0.05, 0.1) is 0 Å². The summed E-state index contributed by atoms with van der Waals surface area (Å²) in [7, 11) is 0. The van der Waals surface area contributed by atoms with Gasteiger partial charge in [0.2, 0.25) is 0 Å². The van der Waals surface area contributed by atoms with E-state index in [0.717, 1.165) is 42.1 Å². The van der Waals surface area contributed by atoms with Crippen LogP contribution in [0, 0.1) is 46.3 Å². The summed E-state index contributed by atoms with van der Waals surface area (Å²) in [5, 5.41) is 1.35. The van der Waals surface area contributed by atoms with E-state index in [9.17, 15) is 4.79 Å². The lowest BCUT2D eigenvalue weighted by Gasteiger charge is -2.58. The van der Waals surface area contributed by atoms with Crippen LogP contribution in [0.2, 0.25) is 0 Å². The molecule has 0 radical (unpaired) electrons. The van der Waals surface area contributed by atoms with Crippen LogP contribution < -0.4 is 0 Å². The first-order valence-electron chi connectivity index (χ1n) is 14.6. The predicted molar refractivity (Wildman–Crippen MR) is 146 cm³/mol. The number of H-pyrrole nitrogens is 1. The summed E-state index contributed by atoms with van der Waals surface area (Å²) in [5.41, 5.74) is 5.37. The maximum Gasteiger partial charge on any atom is 0.159 e. The Morgan fingerprint density at radius 1 is 1.03 bits per heavy atom. The standard InChI is InChI=1S/C33H45NO/c1-20(2)9-8-10-21(3)25-13-14-26-23-17-31(35)28-18-30-24(22-11-6-7-12-29(22)34-30)19-33(28,5)27(23)15-16-32(25,26)4/h6-7,11-12,18,20-21,23,25-27,34H,8-10,13-17,19H2,1-5H3. The van der Waals surface area contributed by atoms with Gasteiger partial charge in [0.15, 0.2) is 5.78 Å². The minimum atomic E-state index is -0.0136. The molecule has 0 saturated heterocycles. The number of nitrogens with one attached hydrogen (secondary N) is 1. The number of fused-ring (bicyclic) bond motifs is 8. The van der Waals surface area contributed by atoms with E-state index < -0.39 is 0 Å². The van der Waals surface area contributed by atoms with Gasteiger partial charge in [-0.15, -0.1) is 0 Å². The number of benzene rings is 1. The molecule has 7 atom stereocenters. The quantitative estimate of drug-likeness (QED) is 0.465. The highest BCUT2D eigenvalue weighted by atomic mass is 16.1. The molecule has 2 aromatic rings. The SMILES string of the molecule is CC(C)CCCC(C)C1CCC2C3CC(=O)C4=Cc5[nH]c6ccccc6c5CC4(C)C3CCC12C. The minimum absolute atomic E-state index is 0.0136. The Bertz CT molecular complexity index is 1170. The summed E-state index contributed by atoms with van der Waals surface area (Å²) in [4.78, 5) is 17.4. The lowest BCUT2D eigenvalue weighted by molar-refractivity contribution is -0.128. The Balaban J connectivity index is 1.29. The van der Waals surface area contributed by atoms with E-state index in [2.05, 4.69) is 69.9 Å². The van der Waals surface area contributed by atoms with Gasteiger partial charge in [-0.2, -0.15) is 0 Å². The van der Waals surface area contributed by atoms with Gasteiger partial charge in [-0.3, -0.25) is 4.79 Å². The van der Waals surface area contributed by atoms with Crippen molar-refractivity contribution in [3.8, 4) is 0 Å². The molecule has 188 valence electrons. The number of allylic oxidation sites excluding steroid dienone is 1. The number of para-hydroxylation sites is 1. The highest BCUT2D eigenvalue weighted by Crippen LogP contribution is 2.67. The zero-order valence-corrected chi connectivity index (χ0v) is 22.6. The number of rotatable bonds is 5. The summed E-state index contributed by atoms with van der Waals surface area (Å²) in [6.07, 6.45) is 13.6. The van der Waals surface area contributed by atoms with Gasteiger partial charge in [0.25, 0.3) is 0 Å². The molecule has 4 aliphatic rings. The molecule has 1 aromatic heterocycles. The number of carbonyl (C=O) groups is 1. The molecule has 1 aromatic carbocycles. The third-order valence-corrected chi connectivity index (χ3v) is 11.5. The number of ketones is 1. The number of aromatic amines is 1. The molecular weight excluding hydrogens is 426 g/mol. The molecule has 0 aliphatic heterocycles. The molecule has 1 heterocycles. The van der Waals surface area contributed by atoms with Crippen LogP contribution in [-0.2, 0) is 11.2 Å². The molecule has 2 nitrogen and oxygen atoms in total. The van der Waals surface area contributed by atoms with E-state index in [4.69, 9.17) is 0 Å². The number of hydrogen-bond donors (Lipinski definition) is 1. The zero-order valence-electron chi connectivity index (χ0n) is 22.6. The highest BCUT2D eigenvalue weighted by molar-refractivity contribution is 6.04. The average Bonchev–Trinajstić information content (AvgIpc) is 3.35. The van der Waals surface area contributed by atoms with Crippen LogP contribution in [0.15, 0.2) is 29.8 Å². The highest BCUT2D eigenvalue weighted by Gasteiger charge is 2.61. The Hall–Kier alpha value is -1.83.